The van der Waals surface area contributed by atoms with Gasteiger partial charge in [-0.1, -0.05) is 0 Å². The highest BCUT2D eigenvalue weighted by Crippen LogP contribution is 2.37. The highest BCUT2D eigenvalue weighted by molar-refractivity contribution is 6.25. The number of rotatable bonds is 1. The third-order valence-corrected chi connectivity index (χ3v) is 3.57. The second-order valence-electron chi connectivity index (χ2n) is 4.13. The summed E-state index contributed by atoms with van der Waals surface area (Å²) >= 11 is 6.40. The van der Waals surface area contributed by atoms with Gasteiger partial charge in [0.05, 0.1) is 18.1 Å². The molecule has 1 unspecified atom stereocenters. The summed E-state index contributed by atoms with van der Waals surface area (Å²) in [7, 11) is 2.17. The Morgan fingerprint density at radius 2 is 2.25 bits per heavy atom. The molecule has 0 aromatic carbocycles. The van der Waals surface area contributed by atoms with E-state index in [9.17, 15) is 0 Å². The van der Waals surface area contributed by atoms with E-state index in [4.69, 9.17) is 16.3 Å². The summed E-state index contributed by atoms with van der Waals surface area (Å²) in [5.41, 5.74) is 0. The van der Waals surface area contributed by atoms with Crippen LogP contribution in [0.1, 0.15) is 12.8 Å². The topological polar surface area (TPSA) is 12.5 Å². The molecule has 2 saturated heterocycles. The fraction of sp³-hybridized carbons (Fsp3) is 1.00. The third kappa shape index (κ3) is 1.48. The van der Waals surface area contributed by atoms with E-state index in [-0.39, 0.29) is 4.87 Å². The van der Waals surface area contributed by atoms with Crippen LogP contribution in [0.2, 0.25) is 0 Å². The fourth-order valence-corrected chi connectivity index (χ4v) is 2.45. The van der Waals surface area contributed by atoms with Gasteiger partial charge in [-0.15, -0.1) is 11.6 Å². The van der Waals surface area contributed by atoms with Crippen LogP contribution in [0.3, 0.4) is 0 Å². The molecule has 12 heavy (non-hydrogen) atoms. The predicted molar refractivity (Wildman–Crippen MR) is 49.6 cm³/mol. The van der Waals surface area contributed by atoms with Gasteiger partial charge in [-0.25, -0.2) is 0 Å². The Balaban J connectivity index is 1.94. The molecule has 3 heteroatoms. The van der Waals surface area contributed by atoms with Gasteiger partial charge in [0.25, 0.3) is 0 Å². The molecule has 0 spiro atoms. The van der Waals surface area contributed by atoms with Crippen molar-refractivity contribution in [3.63, 3.8) is 0 Å². The van der Waals surface area contributed by atoms with Gasteiger partial charge in [-0.05, 0) is 32.4 Å². The van der Waals surface area contributed by atoms with Crippen LogP contribution in [0.25, 0.3) is 0 Å². The second-order valence-corrected chi connectivity index (χ2v) is 4.88. The lowest BCUT2D eigenvalue weighted by atomic mass is 9.83. The number of hydrogen-bond acceptors (Lipinski definition) is 2. The van der Waals surface area contributed by atoms with E-state index in [1.807, 2.05) is 0 Å². The van der Waals surface area contributed by atoms with Crippen molar-refractivity contribution in [2.24, 2.45) is 5.92 Å². The molecule has 0 N–H and O–H groups in total. The molecule has 2 rings (SSSR count). The zero-order chi connectivity index (χ0) is 8.60. The van der Waals surface area contributed by atoms with Crippen molar-refractivity contribution < 1.29 is 4.74 Å². The number of nitrogens with zero attached hydrogens (tertiary/aromatic N) is 1. The Labute approximate surface area is 78.8 Å². The van der Waals surface area contributed by atoms with Crippen LogP contribution >= 0.6 is 11.6 Å². The van der Waals surface area contributed by atoms with Crippen LogP contribution in [0, 0.1) is 5.92 Å². The van der Waals surface area contributed by atoms with E-state index >= 15 is 0 Å². The molecular weight excluding hydrogens is 174 g/mol. The van der Waals surface area contributed by atoms with Gasteiger partial charge in [0.2, 0.25) is 0 Å². The van der Waals surface area contributed by atoms with Crippen LogP contribution in [0.15, 0.2) is 0 Å². The van der Waals surface area contributed by atoms with Gasteiger partial charge < -0.3 is 9.64 Å². The van der Waals surface area contributed by atoms with E-state index in [0.717, 1.165) is 19.8 Å². The molecule has 2 aliphatic heterocycles. The largest absolute Gasteiger partial charge is 0.378 e. The van der Waals surface area contributed by atoms with E-state index in [0.29, 0.717) is 5.92 Å². The molecule has 0 aromatic rings. The monoisotopic (exact) mass is 189 g/mol. The number of alkyl halides is 1. The average Bonchev–Trinajstić information content (AvgIpc) is 2.00. The summed E-state index contributed by atoms with van der Waals surface area (Å²) in [4.78, 5) is 2.35. The standard InChI is InChI=1S/C9H16ClNO/c1-11-4-2-3-8(5-11)9(10)6-12-7-9/h8H,2-7H2,1H3. The SMILES string of the molecule is CN1CCCC(C2(Cl)COC2)C1. The third-order valence-electron chi connectivity index (χ3n) is 3.04. The normalized spacial score (nSPS) is 36.0. The summed E-state index contributed by atoms with van der Waals surface area (Å²) in [5.74, 6) is 0.645. The van der Waals surface area contributed by atoms with Crippen molar-refractivity contribution in [2.45, 2.75) is 17.7 Å². The molecule has 2 heterocycles. The summed E-state index contributed by atoms with van der Waals surface area (Å²) < 4.78 is 5.18. The lowest BCUT2D eigenvalue weighted by Crippen LogP contribution is -2.55. The van der Waals surface area contributed by atoms with Gasteiger partial charge in [-0.2, -0.15) is 0 Å². The molecule has 2 nitrogen and oxygen atoms in total. The molecule has 0 bridgehead atoms. The van der Waals surface area contributed by atoms with Gasteiger partial charge in [0, 0.05) is 6.54 Å². The Bertz CT molecular complexity index is 170. The minimum atomic E-state index is -0.0192. The summed E-state index contributed by atoms with van der Waals surface area (Å²) in [6.45, 7) is 3.89. The summed E-state index contributed by atoms with van der Waals surface area (Å²) in [6.07, 6.45) is 2.56. The molecule has 0 aliphatic carbocycles. The fourth-order valence-electron chi connectivity index (χ4n) is 2.12. The molecule has 1 atom stereocenters. The summed E-state index contributed by atoms with van der Waals surface area (Å²) in [6, 6.07) is 0. The van der Waals surface area contributed by atoms with Gasteiger partial charge in [0.15, 0.2) is 0 Å². The lowest BCUT2D eigenvalue weighted by Gasteiger charge is -2.45. The molecule has 0 amide bonds. The van der Waals surface area contributed by atoms with Crippen LogP contribution in [-0.2, 0) is 4.74 Å². The minimum absolute atomic E-state index is 0.0192. The van der Waals surface area contributed by atoms with Crippen LogP contribution in [-0.4, -0.2) is 43.1 Å². The maximum Gasteiger partial charge on any atom is 0.0951 e. The molecule has 0 aromatic heterocycles. The first-order chi connectivity index (χ1) is 5.71. The predicted octanol–water partition coefficient (Wildman–Crippen LogP) is 1.34. The lowest BCUT2D eigenvalue weighted by molar-refractivity contribution is -0.0526. The quantitative estimate of drug-likeness (QED) is 0.578. The highest BCUT2D eigenvalue weighted by Gasteiger charge is 2.44. The van der Waals surface area contributed by atoms with Crippen molar-refractivity contribution in [3.05, 3.63) is 0 Å². The molecule has 0 radical (unpaired) electrons. The number of halogens is 1. The maximum atomic E-state index is 6.40. The zero-order valence-corrected chi connectivity index (χ0v) is 8.31. The van der Waals surface area contributed by atoms with E-state index in [2.05, 4.69) is 11.9 Å². The first-order valence-electron chi connectivity index (χ1n) is 4.66. The summed E-state index contributed by atoms with van der Waals surface area (Å²) in [5, 5.41) is 0. The highest BCUT2D eigenvalue weighted by atomic mass is 35.5. The molecule has 2 fully saturated rings. The van der Waals surface area contributed by atoms with Gasteiger partial charge >= 0.3 is 0 Å². The van der Waals surface area contributed by atoms with Crippen LogP contribution in [0.4, 0.5) is 0 Å². The van der Waals surface area contributed by atoms with Crippen molar-refractivity contribution in [1.82, 2.24) is 4.90 Å². The number of likely N-dealkylation sites (tertiary alicyclic amines) is 1. The first kappa shape index (κ1) is 8.79. The van der Waals surface area contributed by atoms with E-state index < -0.39 is 0 Å². The minimum Gasteiger partial charge on any atom is -0.378 e. The Hall–Kier alpha value is 0.210. The maximum absolute atomic E-state index is 6.40. The smallest absolute Gasteiger partial charge is 0.0951 e. The van der Waals surface area contributed by atoms with Crippen LogP contribution < -0.4 is 0 Å². The Morgan fingerprint density at radius 1 is 1.50 bits per heavy atom. The van der Waals surface area contributed by atoms with E-state index in [1.165, 1.54) is 19.4 Å². The Kier molecular flexibility index (Phi) is 2.32. The van der Waals surface area contributed by atoms with Crippen molar-refractivity contribution in [3.8, 4) is 0 Å². The first-order valence-corrected chi connectivity index (χ1v) is 5.04. The zero-order valence-electron chi connectivity index (χ0n) is 7.55. The van der Waals surface area contributed by atoms with Crippen molar-refractivity contribution >= 4 is 11.6 Å². The van der Waals surface area contributed by atoms with Gasteiger partial charge in [-0.3, -0.25) is 0 Å². The second kappa shape index (κ2) is 3.17. The molecule has 70 valence electrons. The molecule has 2 aliphatic rings. The molecule has 0 saturated carbocycles. The number of ether oxygens (including phenoxy) is 1. The average molecular weight is 190 g/mol. The van der Waals surface area contributed by atoms with Gasteiger partial charge in [0.1, 0.15) is 0 Å². The van der Waals surface area contributed by atoms with Crippen molar-refractivity contribution in [2.75, 3.05) is 33.4 Å². The Morgan fingerprint density at radius 3 is 2.75 bits per heavy atom. The number of piperidine rings is 1. The van der Waals surface area contributed by atoms with Crippen molar-refractivity contribution in [1.29, 1.82) is 0 Å². The molecular formula is C9H16ClNO. The van der Waals surface area contributed by atoms with Crippen LogP contribution in [0.5, 0.6) is 0 Å². The van der Waals surface area contributed by atoms with E-state index in [1.54, 1.807) is 0 Å². The number of hydrogen-bond donors (Lipinski definition) is 0.